The van der Waals surface area contributed by atoms with Crippen molar-refractivity contribution < 1.29 is 23.8 Å². The van der Waals surface area contributed by atoms with Crippen LogP contribution in [0.25, 0.3) is 0 Å². The Bertz CT molecular complexity index is 862. The molecule has 0 saturated heterocycles. The lowest BCUT2D eigenvalue weighted by molar-refractivity contribution is -0.163. The van der Waals surface area contributed by atoms with Gasteiger partial charge in [0.2, 0.25) is 0 Å². The highest BCUT2D eigenvalue weighted by atomic mass is 16.6. The summed E-state index contributed by atoms with van der Waals surface area (Å²) in [4.78, 5) is 25.2. The van der Waals surface area contributed by atoms with Crippen LogP contribution in [0.15, 0.2) is 36.5 Å². The Kier molecular flexibility index (Phi) is 43.9. The van der Waals surface area contributed by atoms with Gasteiger partial charge < -0.3 is 14.2 Å². The Morgan fingerprint density at radius 2 is 0.778 bits per heavy atom. The highest BCUT2D eigenvalue weighted by Crippen LogP contribution is 2.13. The van der Waals surface area contributed by atoms with Gasteiger partial charge in [-0.25, -0.2) is 0 Å². The molecule has 1 atom stereocenters. The van der Waals surface area contributed by atoms with E-state index in [4.69, 9.17) is 14.2 Å². The van der Waals surface area contributed by atoms with Gasteiger partial charge in [-0.05, 0) is 77.0 Å². The summed E-state index contributed by atoms with van der Waals surface area (Å²) in [6.45, 7) is 7.76. The van der Waals surface area contributed by atoms with Crippen molar-refractivity contribution >= 4 is 11.9 Å². The van der Waals surface area contributed by atoms with Crippen LogP contribution < -0.4 is 0 Å². The molecule has 0 rings (SSSR count). The van der Waals surface area contributed by atoms with Gasteiger partial charge in [-0.2, -0.15) is 0 Å². The largest absolute Gasteiger partial charge is 0.462 e. The predicted octanol–water partition coefficient (Wildman–Crippen LogP) is 15.4. The van der Waals surface area contributed by atoms with Gasteiger partial charge in [0.05, 0.1) is 6.61 Å². The number of hydrogen-bond donors (Lipinski definition) is 0. The second-order valence-electron chi connectivity index (χ2n) is 15.7. The normalized spacial score (nSPS) is 12.4. The molecule has 0 radical (unpaired) electrons. The zero-order valence-electron chi connectivity index (χ0n) is 36.2. The maximum atomic E-state index is 12.7. The molecule has 0 N–H and O–H groups in total. The fraction of sp³-hybridized carbons (Fsp3) is 0.837. The van der Waals surface area contributed by atoms with Crippen LogP contribution in [0, 0.1) is 0 Å². The Morgan fingerprint density at radius 3 is 1.30 bits per heavy atom. The number of carbonyl (C=O) groups excluding carboxylic acids is 2. The highest BCUT2D eigenvalue weighted by Gasteiger charge is 2.17. The van der Waals surface area contributed by atoms with E-state index in [1.807, 2.05) is 0 Å². The lowest BCUT2D eigenvalue weighted by Crippen LogP contribution is -2.30. The highest BCUT2D eigenvalue weighted by molar-refractivity contribution is 5.70. The molecule has 0 aromatic rings. The minimum absolute atomic E-state index is 0.0802. The molecule has 1 unspecified atom stereocenters. The first kappa shape index (κ1) is 52.1. The number of unbranched alkanes of at least 4 members (excludes halogenated alkanes) is 26. The third kappa shape index (κ3) is 42.9. The Balaban J connectivity index is 4.22. The van der Waals surface area contributed by atoms with E-state index >= 15 is 0 Å². The Hall–Kier alpha value is -1.88. The van der Waals surface area contributed by atoms with Crippen LogP contribution in [-0.2, 0) is 23.8 Å². The molecule has 0 bridgehead atoms. The smallest absolute Gasteiger partial charge is 0.306 e. The summed E-state index contributed by atoms with van der Waals surface area (Å²) < 4.78 is 17.3. The average Bonchev–Trinajstić information content (AvgIpc) is 3.17. The number of rotatable bonds is 43. The van der Waals surface area contributed by atoms with E-state index in [1.54, 1.807) is 0 Å². The molecule has 0 aliphatic rings. The van der Waals surface area contributed by atoms with Gasteiger partial charge in [-0.15, -0.1) is 0 Å². The summed E-state index contributed by atoms with van der Waals surface area (Å²) in [6.07, 6.45) is 52.8. The van der Waals surface area contributed by atoms with Crippen molar-refractivity contribution in [1.82, 2.24) is 0 Å². The zero-order valence-corrected chi connectivity index (χ0v) is 36.2. The summed E-state index contributed by atoms with van der Waals surface area (Å²) in [5.41, 5.74) is 0. The van der Waals surface area contributed by atoms with Crippen LogP contribution in [0.4, 0.5) is 0 Å². The molecule has 0 heterocycles. The second-order valence-corrected chi connectivity index (χ2v) is 15.7. The SMILES string of the molecule is CCCCC/C=C\C/C=C\CCCCCCCCOCC(COC(=O)CCCCCCC/C=C\CCCCCC)OC(=O)CCCCCCCCCCC. The first-order valence-corrected chi connectivity index (χ1v) is 23.5. The molecule has 54 heavy (non-hydrogen) atoms. The Morgan fingerprint density at radius 1 is 0.407 bits per heavy atom. The standard InChI is InChI=1S/C49H90O5/c1-4-7-10-13-16-19-21-23-24-25-27-29-32-35-38-41-44-52-45-47(54-49(51)43-40-37-34-30-18-15-12-9-6-3)46-53-48(50)42-39-36-33-31-28-26-22-20-17-14-11-8-5-2/h16,19-20,22-24,47H,4-15,17-18,21,25-46H2,1-3H3/b19-16-,22-20-,24-23-. The second kappa shape index (κ2) is 45.5. The lowest BCUT2D eigenvalue weighted by Gasteiger charge is -2.18. The molecule has 0 fully saturated rings. The van der Waals surface area contributed by atoms with E-state index in [2.05, 4.69) is 57.2 Å². The maximum Gasteiger partial charge on any atom is 0.306 e. The van der Waals surface area contributed by atoms with Gasteiger partial charge in [-0.3, -0.25) is 9.59 Å². The van der Waals surface area contributed by atoms with E-state index in [0.717, 1.165) is 57.8 Å². The summed E-state index contributed by atoms with van der Waals surface area (Å²) in [6, 6.07) is 0. The predicted molar refractivity (Wildman–Crippen MR) is 233 cm³/mol. The topological polar surface area (TPSA) is 61.8 Å². The molecule has 0 aliphatic carbocycles. The van der Waals surface area contributed by atoms with Gasteiger partial charge in [0, 0.05) is 19.4 Å². The van der Waals surface area contributed by atoms with E-state index in [1.165, 1.54) is 148 Å². The molecule has 316 valence electrons. The van der Waals surface area contributed by atoms with Gasteiger partial charge in [0.15, 0.2) is 6.10 Å². The van der Waals surface area contributed by atoms with Gasteiger partial charge in [-0.1, -0.05) is 186 Å². The quantitative estimate of drug-likeness (QED) is 0.0352. The molecule has 0 aromatic heterocycles. The molecular formula is C49H90O5. The fourth-order valence-corrected chi connectivity index (χ4v) is 6.59. The van der Waals surface area contributed by atoms with Gasteiger partial charge >= 0.3 is 11.9 Å². The first-order chi connectivity index (χ1) is 26.6. The minimum Gasteiger partial charge on any atom is -0.462 e. The third-order valence-electron chi connectivity index (χ3n) is 10.1. The Labute approximate surface area is 336 Å². The van der Waals surface area contributed by atoms with Gasteiger partial charge in [0.25, 0.3) is 0 Å². The molecule has 0 spiro atoms. The minimum atomic E-state index is -0.538. The third-order valence-corrected chi connectivity index (χ3v) is 10.1. The molecule has 5 nitrogen and oxygen atoms in total. The van der Waals surface area contributed by atoms with Crippen molar-refractivity contribution in [2.75, 3.05) is 19.8 Å². The van der Waals surface area contributed by atoms with Crippen LogP contribution in [0.1, 0.15) is 239 Å². The molecule has 0 aliphatic heterocycles. The van der Waals surface area contributed by atoms with Crippen molar-refractivity contribution in [3.63, 3.8) is 0 Å². The van der Waals surface area contributed by atoms with E-state index < -0.39 is 6.10 Å². The van der Waals surface area contributed by atoms with Crippen molar-refractivity contribution in [3.05, 3.63) is 36.5 Å². The monoisotopic (exact) mass is 759 g/mol. The number of hydrogen-bond acceptors (Lipinski definition) is 5. The van der Waals surface area contributed by atoms with E-state index in [0.29, 0.717) is 19.4 Å². The number of carbonyl (C=O) groups is 2. The van der Waals surface area contributed by atoms with Gasteiger partial charge in [0.1, 0.15) is 6.61 Å². The molecular weight excluding hydrogens is 669 g/mol. The van der Waals surface area contributed by atoms with E-state index in [-0.39, 0.29) is 25.2 Å². The summed E-state index contributed by atoms with van der Waals surface area (Å²) >= 11 is 0. The summed E-state index contributed by atoms with van der Waals surface area (Å²) in [5, 5.41) is 0. The summed E-state index contributed by atoms with van der Waals surface area (Å²) in [5.74, 6) is -0.409. The first-order valence-electron chi connectivity index (χ1n) is 23.5. The number of ether oxygens (including phenoxy) is 3. The molecule has 0 aromatic carbocycles. The summed E-state index contributed by atoms with van der Waals surface area (Å²) in [7, 11) is 0. The van der Waals surface area contributed by atoms with Crippen LogP contribution >= 0.6 is 0 Å². The lowest BCUT2D eigenvalue weighted by atomic mass is 10.1. The average molecular weight is 759 g/mol. The molecule has 0 amide bonds. The molecule has 0 saturated carbocycles. The fourth-order valence-electron chi connectivity index (χ4n) is 6.59. The van der Waals surface area contributed by atoms with Crippen LogP contribution in [-0.4, -0.2) is 37.9 Å². The van der Waals surface area contributed by atoms with Crippen LogP contribution in [0.3, 0.4) is 0 Å². The van der Waals surface area contributed by atoms with Crippen molar-refractivity contribution in [1.29, 1.82) is 0 Å². The molecule has 5 heteroatoms. The zero-order chi connectivity index (χ0) is 39.3. The van der Waals surface area contributed by atoms with E-state index in [9.17, 15) is 9.59 Å². The number of allylic oxidation sites excluding steroid dienone is 6. The van der Waals surface area contributed by atoms with Crippen molar-refractivity contribution in [2.24, 2.45) is 0 Å². The maximum absolute atomic E-state index is 12.7. The van der Waals surface area contributed by atoms with Crippen LogP contribution in [0.2, 0.25) is 0 Å². The number of esters is 2. The van der Waals surface area contributed by atoms with Crippen molar-refractivity contribution in [3.8, 4) is 0 Å². The van der Waals surface area contributed by atoms with Crippen molar-refractivity contribution in [2.45, 2.75) is 245 Å². The van der Waals surface area contributed by atoms with Crippen LogP contribution in [0.5, 0.6) is 0 Å².